The molecule has 1 aromatic heterocycles. The number of nitrogens with zero attached hydrogens (tertiary/aromatic N) is 2. The van der Waals surface area contributed by atoms with Crippen molar-refractivity contribution in [2.45, 2.75) is 63.8 Å². The van der Waals surface area contributed by atoms with Gasteiger partial charge in [-0.2, -0.15) is 4.98 Å². The highest BCUT2D eigenvalue weighted by Gasteiger charge is 2.31. The summed E-state index contributed by atoms with van der Waals surface area (Å²) >= 11 is 0. The highest BCUT2D eigenvalue weighted by atomic mass is 16.5. The molecule has 0 aromatic carbocycles. The minimum Gasteiger partial charge on any atom is -0.339 e. The Kier molecular flexibility index (Phi) is 3.28. The van der Waals surface area contributed by atoms with Gasteiger partial charge in [-0.3, -0.25) is 0 Å². The summed E-state index contributed by atoms with van der Waals surface area (Å²) in [4.78, 5) is 4.50. The molecule has 1 aliphatic rings. The fourth-order valence-electron chi connectivity index (χ4n) is 2.34. The van der Waals surface area contributed by atoms with Gasteiger partial charge in [-0.1, -0.05) is 31.8 Å². The van der Waals surface area contributed by atoms with Crippen molar-refractivity contribution in [3.05, 3.63) is 11.7 Å². The second-order valence-corrected chi connectivity index (χ2v) is 4.80. The summed E-state index contributed by atoms with van der Waals surface area (Å²) in [5.41, 5.74) is 5.83. The van der Waals surface area contributed by atoms with Gasteiger partial charge in [-0.15, -0.1) is 0 Å². The van der Waals surface area contributed by atoms with Gasteiger partial charge in [0, 0.05) is 5.92 Å². The summed E-state index contributed by atoms with van der Waals surface area (Å²) in [5.74, 6) is 1.95. The molecule has 0 radical (unpaired) electrons. The van der Waals surface area contributed by atoms with E-state index in [1.807, 2.05) is 0 Å². The van der Waals surface area contributed by atoms with Crippen molar-refractivity contribution in [2.75, 3.05) is 0 Å². The molecule has 0 unspecified atom stereocenters. The van der Waals surface area contributed by atoms with Crippen molar-refractivity contribution in [3.8, 4) is 0 Å². The lowest BCUT2D eigenvalue weighted by Crippen LogP contribution is -2.36. The van der Waals surface area contributed by atoms with Gasteiger partial charge in [0.25, 0.3) is 0 Å². The maximum Gasteiger partial charge on any atom is 0.229 e. The van der Waals surface area contributed by atoms with E-state index < -0.39 is 5.54 Å². The molecule has 0 amide bonds. The van der Waals surface area contributed by atoms with E-state index in [2.05, 4.69) is 24.0 Å². The van der Waals surface area contributed by atoms with Crippen LogP contribution < -0.4 is 5.73 Å². The Bertz CT molecular complexity index is 338. The van der Waals surface area contributed by atoms with Crippen LogP contribution in [-0.4, -0.2) is 10.1 Å². The molecule has 0 atom stereocenters. The number of hydrogen-bond donors (Lipinski definition) is 1. The van der Waals surface area contributed by atoms with Gasteiger partial charge in [-0.25, -0.2) is 0 Å². The molecule has 2 rings (SSSR count). The fourth-order valence-corrected chi connectivity index (χ4v) is 2.34. The van der Waals surface area contributed by atoms with Crippen LogP contribution in [0.4, 0.5) is 0 Å². The fraction of sp³-hybridized carbons (Fsp3) is 0.833. The highest BCUT2D eigenvalue weighted by Crippen LogP contribution is 2.34. The first-order chi connectivity index (χ1) is 7.69. The third-order valence-electron chi connectivity index (χ3n) is 3.85. The topological polar surface area (TPSA) is 64.9 Å². The molecule has 0 saturated heterocycles. The van der Waals surface area contributed by atoms with E-state index in [0.29, 0.717) is 11.7 Å². The Morgan fingerprint density at radius 2 is 1.94 bits per heavy atom. The molecule has 4 nitrogen and oxygen atoms in total. The Morgan fingerprint density at radius 3 is 2.50 bits per heavy atom. The molecule has 4 heteroatoms. The van der Waals surface area contributed by atoms with Gasteiger partial charge < -0.3 is 10.3 Å². The normalized spacial score (nSPS) is 18.2. The van der Waals surface area contributed by atoms with Crippen molar-refractivity contribution in [1.82, 2.24) is 10.1 Å². The Morgan fingerprint density at radius 1 is 1.31 bits per heavy atom. The molecule has 90 valence electrons. The first-order valence-corrected chi connectivity index (χ1v) is 6.32. The second-order valence-electron chi connectivity index (χ2n) is 4.80. The number of hydrogen-bond acceptors (Lipinski definition) is 4. The zero-order valence-electron chi connectivity index (χ0n) is 10.2. The first kappa shape index (κ1) is 11.6. The van der Waals surface area contributed by atoms with Gasteiger partial charge in [0.2, 0.25) is 5.89 Å². The van der Waals surface area contributed by atoms with Crippen molar-refractivity contribution < 1.29 is 4.52 Å². The van der Waals surface area contributed by atoms with Crippen LogP contribution in [0.15, 0.2) is 4.52 Å². The van der Waals surface area contributed by atoms with Crippen molar-refractivity contribution in [3.63, 3.8) is 0 Å². The molecule has 0 aliphatic heterocycles. The van der Waals surface area contributed by atoms with Gasteiger partial charge in [0.05, 0.1) is 5.54 Å². The van der Waals surface area contributed by atoms with Gasteiger partial charge >= 0.3 is 0 Å². The van der Waals surface area contributed by atoms with E-state index in [0.717, 1.165) is 18.7 Å². The van der Waals surface area contributed by atoms with E-state index in [-0.39, 0.29) is 0 Å². The maximum atomic E-state index is 6.24. The van der Waals surface area contributed by atoms with Crippen molar-refractivity contribution >= 4 is 0 Å². The summed E-state index contributed by atoms with van der Waals surface area (Å²) < 4.78 is 5.36. The van der Waals surface area contributed by atoms with Crippen LogP contribution in [0.1, 0.15) is 70.0 Å². The number of rotatable bonds is 4. The van der Waals surface area contributed by atoms with Crippen LogP contribution in [0.2, 0.25) is 0 Å². The minimum atomic E-state index is -0.416. The smallest absolute Gasteiger partial charge is 0.229 e. The third-order valence-corrected chi connectivity index (χ3v) is 3.85. The predicted octanol–water partition coefficient (Wildman–Crippen LogP) is 2.70. The first-order valence-electron chi connectivity index (χ1n) is 6.32. The Balaban J connectivity index is 2.17. The maximum absolute atomic E-state index is 6.24. The summed E-state index contributed by atoms with van der Waals surface area (Å²) in [6.07, 6.45) is 6.59. The quantitative estimate of drug-likeness (QED) is 0.852. The SMILES string of the molecule is CCC(N)(CC)c1noc(C2CCCC2)n1. The van der Waals surface area contributed by atoms with E-state index in [1.165, 1.54) is 25.7 Å². The zero-order chi connectivity index (χ0) is 11.6. The van der Waals surface area contributed by atoms with Crippen LogP contribution in [0, 0.1) is 0 Å². The average Bonchev–Trinajstić information content (AvgIpc) is 2.97. The van der Waals surface area contributed by atoms with Gasteiger partial charge in [0.15, 0.2) is 5.82 Å². The standard InChI is InChI=1S/C12H21N3O/c1-3-12(13,4-2)11-14-10(16-15-11)9-7-5-6-8-9/h9H,3-8,13H2,1-2H3. The molecule has 2 N–H and O–H groups in total. The molecule has 1 heterocycles. The summed E-state index contributed by atoms with van der Waals surface area (Å²) in [6.45, 7) is 4.13. The van der Waals surface area contributed by atoms with Crippen LogP contribution >= 0.6 is 0 Å². The summed E-state index contributed by atoms with van der Waals surface area (Å²) in [5, 5.41) is 4.06. The monoisotopic (exact) mass is 223 g/mol. The number of aromatic nitrogens is 2. The third kappa shape index (κ3) is 1.98. The van der Waals surface area contributed by atoms with Gasteiger partial charge in [-0.05, 0) is 25.7 Å². The molecular weight excluding hydrogens is 202 g/mol. The molecule has 1 aliphatic carbocycles. The molecule has 1 fully saturated rings. The molecule has 0 spiro atoms. The predicted molar refractivity (Wildman–Crippen MR) is 62.0 cm³/mol. The van der Waals surface area contributed by atoms with Crippen molar-refractivity contribution in [2.24, 2.45) is 5.73 Å². The van der Waals surface area contributed by atoms with Crippen LogP contribution in [0.5, 0.6) is 0 Å². The van der Waals surface area contributed by atoms with E-state index in [9.17, 15) is 0 Å². The molecule has 16 heavy (non-hydrogen) atoms. The van der Waals surface area contributed by atoms with E-state index in [1.54, 1.807) is 0 Å². The Labute approximate surface area is 96.6 Å². The summed E-state index contributed by atoms with van der Waals surface area (Å²) in [6, 6.07) is 0. The molecular formula is C12H21N3O. The number of nitrogens with two attached hydrogens (primary N) is 1. The molecule has 1 aromatic rings. The van der Waals surface area contributed by atoms with Crippen molar-refractivity contribution in [1.29, 1.82) is 0 Å². The van der Waals surface area contributed by atoms with Crippen LogP contribution in [-0.2, 0) is 5.54 Å². The molecule has 0 bridgehead atoms. The largest absolute Gasteiger partial charge is 0.339 e. The molecule has 1 saturated carbocycles. The lowest BCUT2D eigenvalue weighted by Gasteiger charge is -2.21. The van der Waals surface area contributed by atoms with Gasteiger partial charge in [0.1, 0.15) is 0 Å². The van der Waals surface area contributed by atoms with E-state index in [4.69, 9.17) is 10.3 Å². The van der Waals surface area contributed by atoms with Crippen LogP contribution in [0.3, 0.4) is 0 Å². The second kappa shape index (κ2) is 4.53. The minimum absolute atomic E-state index is 0.416. The van der Waals surface area contributed by atoms with Crippen LogP contribution in [0.25, 0.3) is 0 Å². The summed E-state index contributed by atoms with van der Waals surface area (Å²) in [7, 11) is 0. The highest BCUT2D eigenvalue weighted by molar-refractivity contribution is 5.05. The lowest BCUT2D eigenvalue weighted by molar-refractivity contribution is 0.325. The lowest BCUT2D eigenvalue weighted by atomic mass is 9.93. The van der Waals surface area contributed by atoms with E-state index >= 15 is 0 Å². The Hall–Kier alpha value is -0.900. The average molecular weight is 223 g/mol. The zero-order valence-corrected chi connectivity index (χ0v) is 10.2.